The molecule has 0 unspecified atom stereocenters. The van der Waals surface area contributed by atoms with Crippen molar-refractivity contribution in [1.82, 2.24) is 4.90 Å². The van der Waals surface area contributed by atoms with E-state index in [4.69, 9.17) is 5.73 Å². The molecule has 2 rings (SSSR count). The fourth-order valence-corrected chi connectivity index (χ4v) is 2.50. The van der Waals surface area contributed by atoms with Crippen molar-refractivity contribution in [1.29, 1.82) is 0 Å². The van der Waals surface area contributed by atoms with E-state index < -0.39 is 0 Å². The highest BCUT2D eigenvalue weighted by Crippen LogP contribution is 2.15. The first-order chi connectivity index (χ1) is 12.5. The standard InChI is InChI=1S/C21H27N3O2.ClH/c1-16(2)20(25)23-19-11-9-18(10-12-19)21(26)24(14-6-13-22)15-17-7-4-3-5-8-17;/h3-5,7-12,16H,6,13-15,22H2,1-2H3,(H,23,25);1H. The second-order valence-corrected chi connectivity index (χ2v) is 6.58. The van der Waals surface area contributed by atoms with Crippen LogP contribution in [0.15, 0.2) is 54.6 Å². The number of nitrogens with zero attached hydrogens (tertiary/aromatic N) is 1. The number of nitrogens with one attached hydrogen (secondary N) is 1. The Hall–Kier alpha value is -2.37. The lowest BCUT2D eigenvalue weighted by Crippen LogP contribution is -2.32. The topological polar surface area (TPSA) is 75.4 Å². The normalized spacial score (nSPS) is 10.2. The predicted molar refractivity (Wildman–Crippen MR) is 112 cm³/mol. The van der Waals surface area contributed by atoms with Gasteiger partial charge in [-0.15, -0.1) is 12.4 Å². The van der Waals surface area contributed by atoms with Gasteiger partial charge in [-0.25, -0.2) is 0 Å². The molecule has 2 aromatic carbocycles. The maximum Gasteiger partial charge on any atom is 0.254 e. The van der Waals surface area contributed by atoms with Gasteiger partial charge in [0.1, 0.15) is 0 Å². The Balaban J connectivity index is 0.00000364. The van der Waals surface area contributed by atoms with E-state index in [1.807, 2.05) is 49.1 Å². The quantitative estimate of drug-likeness (QED) is 0.722. The molecule has 3 N–H and O–H groups in total. The van der Waals surface area contributed by atoms with Crippen molar-refractivity contribution >= 4 is 29.9 Å². The van der Waals surface area contributed by atoms with Gasteiger partial charge in [-0.2, -0.15) is 0 Å². The van der Waals surface area contributed by atoms with Crippen LogP contribution in [0.4, 0.5) is 5.69 Å². The molecule has 0 fully saturated rings. The molecule has 0 radical (unpaired) electrons. The van der Waals surface area contributed by atoms with Gasteiger partial charge in [0, 0.05) is 30.3 Å². The van der Waals surface area contributed by atoms with Gasteiger partial charge in [-0.3, -0.25) is 9.59 Å². The van der Waals surface area contributed by atoms with Crippen LogP contribution >= 0.6 is 12.4 Å². The van der Waals surface area contributed by atoms with Crippen LogP contribution < -0.4 is 11.1 Å². The summed E-state index contributed by atoms with van der Waals surface area (Å²) in [5.74, 6) is -0.171. The Kier molecular flexibility index (Phi) is 9.54. The smallest absolute Gasteiger partial charge is 0.254 e. The van der Waals surface area contributed by atoms with Crippen LogP contribution in [0.2, 0.25) is 0 Å². The summed E-state index contributed by atoms with van der Waals surface area (Å²) in [5.41, 5.74) is 7.99. The Morgan fingerprint density at radius 1 is 1.04 bits per heavy atom. The summed E-state index contributed by atoms with van der Waals surface area (Å²) in [6, 6.07) is 16.9. The summed E-state index contributed by atoms with van der Waals surface area (Å²) in [6.07, 6.45) is 0.751. The van der Waals surface area contributed by atoms with Gasteiger partial charge in [0.25, 0.3) is 5.91 Å². The molecular formula is C21H28ClN3O2. The molecule has 0 aliphatic carbocycles. The summed E-state index contributed by atoms with van der Waals surface area (Å²) in [7, 11) is 0. The first-order valence-corrected chi connectivity index (χ1v) is 8.95. The van der Waals surface area contributed by atoms with Gasteiger partial charge in [0.2, 0.25) is 5.91 Å². The summed E-state index contributed by atoms with van der Waals surface area (Å²) in [4.78, 5) is 26.5. The van der Waals surface area contributed by atoms with Crippen LogP contribution in [0, 0.1) is 5.92 Å². The van der Waals surface area contributed by atoms with E-state index in [1.165, 1.54) is 0 Å². The first kappa shape index (κ1) is 22.7. The fourth-order valence-electron chi connectivity index (χ4n) is 2.50. The molecule has 0 aliphatic heterocycles. The second kappa shape index (κ2) is 11.4. The Morgan fingerprint density at radius 2 is 1.67 bits per heavy atom. The zero-order valence-corrected chi connectivity index (χ0v) is 16.7. The molecule has 0 saturated carbocycles. The van der Waals surface area contributed by atoms with Crippen LogP contribution in [0.3, 0.4) is 0 Å². The number of nitrogens with two attached hydrogens (primary N) is 1. The molecule has 0 atom stereocenters. The lowest BCUT2D eigenvalue weighted by atomic mass is 10.1. The molecule has 0 aliphatic rings. The van der Waals surface area contributed by atoms with Crippen molar-refractivity contribution in [3.8, 4) is 0 Å². The summed E-state index contributed by atoms with van der Waals surface area (Å²) >= 11 is 0. The zero-order valence-electron chi connectivity index (χ0n) is 15.9. The maximum atomic E-state index is 12.9. The lowest BCUT2D eigenvalue weighted by molar-refractivity contribution is -0.118. The summed E-state index contributed by atoms with van der Waals surface area (Å²) in [5, 5.41) is 2.83. The van der Waals surface area contributed by atoms with Crippen molar-refractivity contribution < 1.29 is 9.59 Å². The van der Waals surface area contributed by atoms with Crippen molar-refractivity contribution in [2.45, 2.75) is 26.8 Å². The van der Waals surface area contributed by atoms with Crippen LogP contribution in [-0.4, -0.2) is 29.8 Å². The molecule has 27 heavy (non-hydrogen) atoms. The lowest BCUT2D eigenvalue weighted by Gasteiger charge is -2.23. The van der Waals surface area contributed by atoms with Crippen LogP contribution in [0.5, 0.6) is 0 Å². The van der Waals surface area contributed by atoms with Crippen LogP contribution in [0.1, 0.15) is 36.2 Å². The number of carbonyl (C=O) groups is 2. The molecule has 146 valence electrons. The van der Waals surface area contributed by atoms with Gasteiger partial charge in [0.05, 0.1) is 0 Å². The van der Waals surface area contributed by atoms with Crippen molar-refractivity contribution in [3.63, 3.8) is 0 Å². The first-order valence-electron chi connectivity index (χ1n) is 8.95. The van der Waals surface area contributed by atoms with E-state index in [1.54, 1.807) is 24.3 Å². The predicted octanol–water partition coefficient (Wildman–Crippen LogP) is 3.69. The third kappa shape index (κ3) is 7.04. The number of hydrogen-bond donors (Lipinski definition) is 2. The monoisotopic (exact) mass is 389 g/mol. The average Bonchev–Trinajstić information content (AvgIpc) is 2.66. The minimum absolute atomic E-state index is 0. The number of benzene rings is 2. The van der Waals surface area contributed by atoms with Gasteiger partial charge in [-0.1, -0.05) is 44.2 Å². The molecule has 5 nitrogen and oxygen atoms in total. The number of anilines is 1. The largest absolute Gasteiger partial charge is 0.334 e. The zero-order chi connectivity index (χ0) is 18.9. The number of rotatable bonds is 8. The van der Waals surface area contributed by atoms with E-state index >= 15 is 0 Å². The van der Waals surface area contributed by atoms with Gasteiger partial charge >= 0.3 is 0 Å². The van der Waals surface area contributed by atoms with Gasteiger partial charge < -0.3 is 16.0 Å². The molecule has 0 bridgehead atoms. The van der Waals surface area contributed by atoms with Crippen LogP contribution in [0.25, 0.3) is 0 Å². The SMILES string of the molecule is CC(C)C(=O)Nc1ccc(C(=O)N(CCCN)Cc2ccccc2)cc1.Cl. The van der Waals surface area contributed by atoms with E-state index in [9.17, 15) is 9.59 Å². The highest BCUT2D eigenvalue weighted by molar-refractivity contribution is 5.96. The molecule has 0 saturated heterocycles. The number of carbonyl (C=O) groups excluding carboxylic acids is 2. The van der Waals surface area contributed by atoms with E-state index in [2.05, 4.69) is 5.32 Å². The summed E-state index contributed by atoms with van der Waals surface area (Å²) in [6.45, 7) is 5.37. The Labute approximate surface area is 167 Å². The number of hydrogen-bond acceptors (Lipinski definition) is 3. The van der Waals surface area contributed by atoms with Crippen LogP contribution in [-0.2, 0) is 11.3 Å². The molecule has 2 aromatic rings. The van der Waals surface area contributed by atoms with Crippen molar-refractivity contribution in [2.24, 2.45) is 11.7 Å². The van der Waals surface area contributed by atoms with E-state index in [-0.39, 0.29) is 30.1 Å². The van der Waals surface area contributed by atoms with Crippen molar-refractivity contribution in [3.05, 3.63) is 65.7 Å². The number of amides is 2. The van der Waals surface area contributed by atoms with Gasteiger partial charge in [0.15, 0.2) is 0 Å². The maximum absolute atomic E-state index is 12.9. The molecule has 6 heteroatoms. The highest BCUT2D eigenvalue weighted by atomic mass is 35.5. The highest BCUT2D eigenvalue weighted by Gasteiger charge is 2.16. The number of halogens is 1. The molecule has 0 heterocycles. The van der Waals surface area contributed by atoms with Crippen molar-refractivity contribution in [2.75, 3.05) is 18.4 Å². The molecule has 0 aromatic heterocycles. The minimum Gasteiger partial charge on any atom is -0.334 e. The molecule has 2 amide bonds. The fraction of sp³-hybridized carbons (Fsp3) is 0.333. The summed E-state index contributed by atoms with van der Waals surface area (Å²) < 4.78 is 0. The average molecular weight is 390 g/mol. The Bertz CT molecular complexity index is 718. The van der Waals surface area contributed by atoms with E-state index in [0.717, 1.165) is 12.0 Å². The molecule has 0 spiro atoms. The second-order valence-electron chi connectivity index (χ2n) is 6.58. The third-order valence-electron chi connectivity index (χ3n) is 4.06. The van der Waals surface area contributed by atoms with E-state index in [0.29, 0.717) is 30.9 Å². The minimum atomic E-state index is -0.0889. The Morgan fingerprint density at radius 3 is 2.22 bits per heavy atom. The molecular weight excluding hydrogens is 362 g/mol. The van der Waals surface area contributed by atoms with Gasteiger partial charge in [-0.05, 0) is 42.8 Å². The third-order valence-corrected chi connectivity index (χ3v) is 4.06.